The number of carbonyl (C=O) groups is 2. The van der Waals surface area contributed by atoms with Crippen molar-refractivity contribution in [2.24, 2.45) is 0 Å². The normalized spacial score (nSPS) is 19.6. The number of aliphatic hydroxyl groups is 1. The summed E-state index contributed by atoms with van der Waals surface area (Å²) in [5, 5.41) is 13.9. The van der Waals surface area contributed by atoms with Crippen molar-refractivity contribution in [1.29, 1.82) is 0 Å². The molecule has 116 valence electrons. The second-order valence-corrected chi connectivity index (χ2v) is 4.93. The van der Waals surface area contributed by atoms with Gasteiger partial charge in [0.1, 0.15) is 0 Å². The number of imide groups is 1. The lowest BCUT2D eigenvalue weighted by Crippen LogP contribution is -2.49. The van der Waals surface area contributed by atoms with Gasteiger partial charge in [-0.1, -0.05) is 6.42 Å². The molecule has 3 N–H and O–H groups in total. The highest BCUT2D eigenvalue weighted by Gasteiger charge is 2.24. The SMILES string of the molecule is COCCNC(=O)NC(=O)CN1CCCCC1CCO. The molecule has 0 aliphatic carbocycles. The molecule has 7 heteroatoms. The number of nitrogens with zero attached hydrogens (tertiary/aromatic N) is 1. The predicted octanol–water partition coefficient (Wildman–Crippen LogP) is -0.304. The molecule has 1 aliphatic rings. The van der Waals surface area contributed by atoms with E-state index in [9.17, 15) is 9.59 Å². The fourth-order valence-corrected chi connectivity index (χ4v) is 2.41. The van der Waals surface area contributed by atoms with Gasteiger partial charge in [0.25, 0.3) is 0 Å². The third-order valence-electron chi connectivity index (χ3n) is 3.40. The number of aliphatic hydroxyl groups excluding tert-OH is 1. The van der Waals surface area contributed by atoms with Gasteiger partial charge in [-0.15, -0.1) is 0 Å². The van der Waals surface area contributed by atoms with Crippen molar-refractivity contribution in [1.82, 2.24) is 15.5 Å². The standard InChI is InChI=1S/C13H25N3O4/c1-20-9-6-14-13(19)15-12(18)10-16-7-3-2-4-11(16)5-8-17/h11,17H,2-10H2,1H3,(H2,14,15,18,19). The Bertz CT molecular complexity index is 310. The Hall–Kier alpha value is -1.18. The minimum absolute atomic E-state index is 0.125. The molecule has 3 amide bonds. The van der Waals surface area contributed by atoms with E-state index in [4.69, 9.17) is 9.84 Å². The first-order valence-corrected chi connectivity index (χ1v) is 7.09. The van der Waals surface area contributed by atoms with Gasteiger partial charge in [0, 0.05) is 26.3 Å². The molecular formula is C13H25N3O4. The second kappa shape index (κ2) is 9.68. The summed E-state index contributed by atoms with van der Waals surface area (Å²) in [4.78, 5) is 25.3. The highest BCUT2D eigenvalue weighted by molar-refractivity contribution is 5.95. The summed E-state index contributed by atoms with van der Waals surface area (Å²) < 4.78 is 4.80. The smallest absolute Gasteiger partial charge is 0.321 e. The summed E-state index contributed by atoms with van der Waals surface area (Å²) in [7, 11) is 1.54. The summed E-state index contributed by atoms with van der Waals surface area (Å²) in [5.41, 5.74) is 0. The number of methoxy groups -OCH3 is 1. The first kappa shape index (κ1) is 16.9. The Balaban J connectivity index is 2.30. The first-order chi connectivity index (χ1) is 9.67. The average molecular weight is 287 g/mol. The molecular weight excluding hydrogens is 262 g/mol. The number of likely N-dealkylation sites (tertiary alicyclic amines) is 1. The van der Waals surface area contributed by atoms with Gasteiger partial charge in [-0.3, -0.25) is 15.0 Å². The van der Waals surface area contributed by atoms with Crippen molar-refractivity contribution >= 4 is 11.9 Å². The molecule has 1 heterocycles. The number of hydrogen-bond acceptors (Lipinski definition) is 5. The molecule has 1 fully saturated rings. The maximum Gasteiger partial charge on any atom is 0.321 e. The third-order valence-corrected chi connectivity index (χ3v) is 3.40. The van der Waals surface area contributed by atoms with Crippen LogP contribution in [0.1, 0.15) is 25.7 Å². The number of urea groups is 1. The van der Waals surface area contributed by atoms with Crippen LogP contribution in [0.5, 0.6) is 0 Å². The zero-order valence-corrected chi connectivity index (χ0v) is 12.1. The van der Waals surface area contributed by atoms with E-state index in [1.165, 1.54) is 0 Å². The fraction of sp³-hybridized carbons (Fsp3) is 0.846. The minimum Gasteiger partial charge on any atom is -0.396 e. The Labute approximate surface area is 119 Å². The molecule has 1 aliphatic heterocycles. The van der Waals surface area contributed by atoms with Crippen LogP contribution >= 0.6 is 0 Å². The van der Waals surface area contributed by atoms with Crippen LogP contribution < -0.4 is 10.6 Å². The van der Waals surface area contributed by atoms with Gasteiger partial charge in [0.15, 0.2) is 0 Å². The van der Waals surface area contributed by atoms with Crippen molar-refractivity contribution in [3.63, 3.8) is 0 Å². The zero-order chi connectivity index (χ0) is 14.8. The number of hydrogen-bond donors (Lipinski definition) is 3. The summed E-state index contributed by atoms with van der Waals surface area (Å²) in [6.07, 6.45) is 3.84. The van der Waals surface area contributed by atoms with Crippen LogP contribution in [0.3, 0.4) is 0 Å². The lowest BCUT2D eigenvalue weighted by molar-refractivity contribution is -0.122. The van der Waals surface area contributed by atoms with E-state index in [2.05, 4.69) is 10.6 Å². The largest absolute Gasteiger partial charge is 0.396 e. The Morgan fingerprint density at radius 3 is 2.90 bits per heavy atom. The summed E-state index contributed by atoms with van der Waals surface area (Å²) in [5.74, 6) is -0.315. The van der Waals surface area contributed by atoms with E-state index in [1.54, 1.807) is 7.11 Å². The number of ether oxygens (including phenoxy) is 1. The third kappa shape index (κ3) is 6.31. The Morgan fingerprint density at radius 2 is 2.20 bits per heavy atom. The highest BCUT2D eigenvalue weighted by Crippen LogP contribution is 2.18. The molecule has 0 spiro atoms. The van der Waals surface area contributed by atoms with E-state index in [-0.39, 0.29) is 25.1 Å². The molecule has 20 heavy (non-hydrogen) atoms. The lowest BCUT2D eigenvalue weighted by atomic mass is 10.00. The van der Waals surface area contributed by atoms with E-state index in [0.717, 1.165) is 25.8 Å². The molecule has 0 aromatic carbocycles. The van der Waals surface area contributed by atoms with Gasteiger partial charge in [0.2, 0.25) is 5.91 Å². The van der Waals surface area contributed by atoms with Gasteiger partial charge in [-0.05, 0) is 25.8 Å². The fourth-order valence-electron chi connectivity index (χ4n) is 2.41. The summed E-state index contributed by atoms with van der Waals surface area (Å²) >= 11 is 0. The van der Waals surface area contributed by atoms with Gasteiger partial charge in [-0.2, -0.15) is 0 Å². The van der Waals surface area contributed by atoms with Crippen molar-refractivity contribution in [2.45, 2.75) is 31.7 Å². The minimum atomic E-state index is -0.497. The maximum atomic E-state index is 11.8. The monoisotopic (exact) mass is 287 g/mol. The first-order valence-electron chi connectivity index (χ1n) is 7.09. The molecule has 1 atom stereocenters. The predicted molar refractivity (Wildman–Crippen MR) is 74.3 cm³/mol. The average Bonchev–Trinajstić information content (AvgIpc) is 2.41. The highest BCUT2D eigenvalue weighted by atomic mass is 16.5. The quantitative estimate of drug-likeness (QED) is 0.559. The van der Waals surface area contributed by atoms with Crippen molar-refractivity contribution in [2.75, 3.05) is 40.0 Å². The lowest BCUT2D eigenvalue weighted by Gasteiger charge is -2.34. The molecule has 0 aromatic heterocycles. The van der Waals surface area contributed by atoms with Crippen LogP contribution in [0.25, 0.3) is 0 Å². The Morgan fingerprint density at radius 1 is 1.40 bits per heavy atom. The van der Waals surface area contributed by atoms with Crippen molar-refractivity contribution < 1.29 is 19.4 Å². The second-order valence-electron chi connectivity index (χ2n) is 4.93. The number of rotatable bonds is 7. The molecule has 1 saturated heterocycles. The van der Waals surface area contributed by atoms with E-state index in [0.29, 0.717) is 19.6 Å². The number of amides is 3. The van der Waals surface area contributed by atoms with Gasteiger partial charge in [0.05, 0.1) is 13.2 Å². The van der Waals surface area contributed by atoms with E-state index < -0.39 is 6.03 Å². The number of nitrogens with one attached hydrogen (secondary N) is 2. The molecule has 0 bridgehead atoms. The van der Waals surface area contributed by atoms with Crippen LogP contribution in [0.2, 0.25) is 0 Å². The Kier molecular flexibility index (Phi) is 8.17. The van der Waals surface area contributed by atoms with Gasteiger partial charge >= 0.3 is 6.03 Å². The number of piperidine rings is 1. The van der Waals surface area contributed by atoms with Crippen LogP contribution in [0.4, 0.5) is 4.79 Å². The zero-order valence-electron chi connectivity index (χ0n) is 12.1. The molecule has 1 rings (SSSR count). The summed E-state index contributed by atoms with van der Waals surface area (Å²) in [6.45, 7) is 1.94. The van der Waals surface area contributed by atoms with Gasteiger partial charge in [-0.25, -0.2) is 4.79 Å². The maximum absolute atomic E-state index is 11.8. The van der Waals surface area contributed by atoms with Crippen LogP contribution in [-0.2, 0) is 9.53 Å². The van der Waals surface area contributed by atoms with Crippen molar-refractivity contribution in [3.8, 4) is 0 Å². The molecule has 1 unspecified atom stereocenters. The molecule has 7 nitrogen and oxygen atoms in total. The molecule has 0 aromatic rings. The van der Waals surface area contributed by atoms with Crippen LogP contribution in [-0.4, -0.2) is 67.9 Å². The van der Waals surface area contributed by atoms with E-state index in [1.807, 2.05) is 4.90 Å². The van der Waals surface area contributed by atoms with E-state index >= 15 is 0 Å². The summed E-state index contributed by atoms with van der Waals surface area (Å²) in [6, 6.07) is -0.265. The van der Waals surface area contributed by atoms with Crippen LogP contribution in [0, 0.1) is 0 Å². The number of carbonyl (C=O) groups excluding carboxylic acids is 2. The van der Waals surface area contributed by atoms with Crippen molar-refractivity contribution in [3.05, 3.63) is 0 Å². The van der Waals surface area contributed by atoms with Gasteiger partial charge < -0.3 is 15.2 Å². The molecule has 0 saturated carbocycles. The molecule has 0 radical (unpaired) electrons. The topological polar surface area (TPSA) is 90.9 Å². The van der Waals surface area contributed by atoms with Crippen LogP contribution in [0.15, 0.2) is 0 Å².